The Kier molecular flexibility index (Phi) is 4.93. The summed E-state index contributed by atoms with van der Waals surface area (Å²) in [5.41, 5.74) is 2.07. The topological polar surface area (TPSA) is 54.5 Å². The van der Waals surface area contributed by atoms with Gasteiger partial charge < -0.3 is 10.1 Å². The van der Waals surface area contributed by atoms with Crippen LogP contribution in [-0.4, -0.2) is 36.0 Å². The van der Waals surface area contributed by atoms with Gasteiger partial charge >= 0.3 is 0 Å². The number of para-hydroxylation sites is 1. The lowest BCUT2D eigenvalue weighted by Crippen LogP contribution is -2.38. The van der Waals surface area contributed by atoms with Crippen LogP contribution in [-0.2, 0) is 11.3 Å². The Balaban J connectivity index is 1.55. The lowest BCUT2D eigenvalue weighted by Gasteiger charge is -2.27. The fourth-order valence-corrected chi connectivity index (χ4v) is 3.39. The predicted octanol–water partition coefficient (Wildman–Crippen LogP) is 2.52. The van der Waals surface area contributed by atoms with Crippen molar-refractivity contribution in [3.05, 3.63) is 45.9 Å². The SMILES string of the molecule is Cc1nc(CN(C)CC(=O)NC2CCOc3ccccc32)cs1. The van der Waals surface area contributed by atoms with Crippen molar-refractivity contribution in [2.24, 2.45) is 0 Å². The summed E-state index contributed by atoms with van der Waals surface area (Å²) in [6, 6.07) is 7.92. The van der Waals surface area contributed by atoms with Gasteiger partial charge in [0.1, 0.15) is 5.75 Å². The average molecular weight is 331 g/mol. The lowest BCUT2D eigenvalue weighted by atomic mass is 10.0. The summed E-state index contributed by atoms with van der Waals surface area (Å²) in [4.78, 5) is 18.7. The highest BCUT2D eigenvalue weighted by molar-refractivity contribution is 7.09. The van der Waals surface area contributed by atoms with Gasteiger partial charge in [-0.25, -0.2) is 4.98 Å². The van der Waals surface area contributed by atoms with Gasteiger partial charge in [0, 0.05) is 23.9 Å². The molecule has 1 aromatic heterocycles. The van der Waals surface area contributed by atoms with E-state index < -0.39 is 0 Å². The molecule has 2 heterocycles. The van der Waals surface area contributed by atoms with Crippen LogP contribution in [0.1, 0.15) is 28.7 Å². The van der Waals surface area contributed by atoms with Crippen LogP contribution in [0.25, 0.3) is 0 Å². The van der Waals surface area contributed by atoms with E-state index in [0.717, 1.165) is 28.4 Å². The van der Waals surface area contributed by atoms with Crippen LogP contribution in [0.3, 0.4) is 0 Å². The molecule has 0 radical (unpaired) electrons. The number of fused-ring (bicyclic) bond motifs is 1. The van der Waals surface area contributed by atoms with E-state index in [2.05, 4.69) is 10.3 Å². The zero-order valence-electron chi connectivity index (χ0n) is 13.4. The van der Waals surface area contributed by atoms with Crippen molar-refractivity contribution in [3.8, 4) is 5.75 Å². The number of aromatic nitrogens is 1. The molecule has 2 aromatic rings. The zero-order chi connectivity index (χ0) is 16.2. The van der Waals surface area contributed by atoms with Crippen molar-refractivity contribution in [2.45, 2.75) is 25.9 Å². The number of amides is 1. The molecule has 1 aromatic carbocycles. The summed E-state index contributed by atoms with van der Waals surface area (Å²) in [5.74, 6) is 0.900. The molecule has 0 spiro atoms. The van der Waals surface area contributed by atoms with Crippen LogP contribution in [0.15, 0.2) is 29.6 Å². The van der Waals surface area contributed by atoms with Crippen LogP contribution in [0.4, 0.5) is 0 Å². The Hall–Kier alpha value is -1.92. The van der Waals surface area contributed by atoms with Crippen molar-refractivity contribution < 1.29 is 9.53 Å². The predicted molar refractivity (Wildman–Crippen MR) is 90.6 cm³/mol. The smallest absolute Gasteiger partial charge is 0.234 e. The molecule has 23 heavy (non-hydrogen) atoms. The van der Waals surface area contributed by atoms with E-state index >= 15 is 0 Å². The van der Waals surface area contributed by atoms with Crippen molar-refractivity contribution in [2.75, 3.05) is 20.2 Å². The molecular weight excluding hydrogens is 310 g/mol. The third-order valence-corrected chi connectivity index (χ3v) is 4.63. The highest BCUT2D eigenvalue weighted by atomic mass is 32.1. The molecule has 1 aliphatic rings. The van der Waals surface area contributed by atoms with E-state index in [1.807, 2.05) is 48.5 Å². The molecule has 6 heteroatoms. The molecule has 1 amide bonds. The summed E-state index contributed by atoms with van der Waals surface area (Å²) in [5, 5.41) is 6.21. The Morgan fingerprint density at radius 3 is 3.09 bits per heavy atom. The molecule has 1 atom stereocenters. The minimum Gasteiger partial charge on any atom is -0.493 e. The van der Waals surface area contributed by atoms with Gasteiger partial charge in [0.2, 0.25) is 5.91 Å². The number of carbonyl (C=O) groups is 1. The Morgan fingerprint density at radius 1 is 1.48 bits per heavy atom. The van der Waals surface area contributed by atoms with E-state index in [1.165, 1.54) is 0 Å². The van der Waals surface area contributed by atoms with E-state index in [-0.39, 0.29) is 11.9 Å². The highest BCUT2D eigenvalue weighted by Crippen LogP contribution is 2.31. The number of nitrogens with zero attached hydrogens (tertiary/aromatic N) is 2. The van der Waals surface area contributed by atoms with Gasteiger partial charge in [0.25, 0.3) is 0 Å². The van der Waals surface area contributed by atoms with Gasteiger partial charge in [-0.3, -0.25) is 9.69 Å². The van der Waals surface area contributed by atoms with Crippen molar-refractivity contribution >= 4 is 17.2 Å². The number of carbonyl (C=O) groups excluding carboxylic acids is 1. The minimum atomic E-state index is 0.0288. The zero-order valence-corrected chi connectivity index (χ0v) is 14.2. The van der Waals surface area contributed by atoms with Crippen LogP contribution < -0.4 is 10.1 Å². The molecule has 0 fully saturated rings. The standard InChI is InChI=1S/C17H21N3O2S/c1-12-18-13(11-23-12)9-20(2)10-17(21)19-15-7-8-22-16-6-4-3-5-14(15)16/h3-6,11,15H,7-10H2,1-2H3,(H,19,21). The number of ether oxygens (including phenoxy) is 1. The maximum atomic E-state index is 12.3. The maximum absolute atomic E-state index is 12.3. The monoisotopic (exact) mass is 331 g/mol. The van der Waals surface area contributed by atoms with Crippen LogP contribution in [0.2, 0.25) is 0 Å². The van der Waals surface area contributed by atoms with Gasteiger partial charge in [-0.2, -0.15) is 0 Å². The highest BCUT2D eigenvalue weighted by Gasteiger charge is 2.22. The van der Waals surface area contributed by atoms with E-state index in [0.29, 0.717) is 19.7 Å². The molecule has 0 saturated heterocycles. The Labute approximate surface area is 140 Å². The molecule has 122 valence electrons. The third-order valence-electron chi connectivity index (χ3n) is 3.81. The summed E-state index contributed by atoms with van der Waals surface area (Å²) in [7, 11) is 1.94. The second-order valence-electron chi connectivity index (χ2n) is 5.83. The first-order valence-corrected chi connectivity index (χ1v) is 8.60. The third kappa shape index (κ3) is 4.09. The summed E-state index contributed by atoms with van der Waals surface area (Å²) in [6.07, 6.45) is 0.803. The van der Waals surface area contributed by atoms with Gasteiger partial charge in [-0.1, -0.05) is 18.2 Å². The molecule has 0 saturated carbocycles. The molecule has 0 bridgehead atoms. The maximum Gasteiger partial charge on any atom is 0.234 e. The summed E-state index contributed by atoms with van der Waals surface area (Å²) < 4.78 is 5.63. The van der Waals surface area contributed by atoms with Gasteiger partial charge in [0.05, 0.1) is 29.9 Å². The second-order valence-corrected chi connectivity index (χ2v) is 6.89. The number of benzene rings is 1. The molecule has 1 unspecified atom stereocenters. The molecule has 5 nitrogen and oxygen atoms in total. The van der Waals surface area contributed by atoms with Gasteiger partial charge in [0.15, 0.2) is 0 Å². The number of hydrogen-bond acceptors (Lipinski definition) is 5. The molecular formula is C17H21N3O2S. The number of aryl methyl sites for hydroxylation is 1. The van der Waals surface area contributed by atoms with Gasteiger partial charge in [-0.15, -0.1) is 11.3 Å². The fraction of sp³-hybridized carbons (Fsp3) is 0.412. The summed E-state index contributed by atoms with van der Waals surface area (Å²) in [6.45, 7) is 3.66. The lowest BCUT2D eigenvalue weighted by molar-refractivity contribution is -0.123. The average Bonchev–Trinajstić information content (AvgIpc) is 2.92. The minimum absolute atomic E-state index is 0.0288. The van der Waals surface area contributed by atoms with Crippen molar-refractivity contribution in [3.63, 3.8) is 0 Å². The number of hydrogen-bond donors (Lipinski definition) is 1. The van der Waals surface area contributed by atoms with E-state index in [1.54, 1.807) is 11.3 Å². The Morgan fingerprint density at radius 2 is 2.30 bits per heavy atom. The first-order valence-electron chi connectivity index (χ1n) is 7.72. The van der Waals surface area contributed by atoms with E-state index in [4.69, 9.17) is 4.74 Å². The second kappa shape index (κ2) is 7.10. The number of nitrogens with one attached hydrogen (secondary N) is 1. The number of rotatable bonds is 5. The van der Waals surface area contributed by atoms with Crippen molar-refractivity contribution in [1.82, 2.24) is 15.2 Å². The molecule has 3 rings (SSSR count). The van der Waals surface area contributed by atoms with Crippen LogP contribution in [0, 0.1) is 6.92 Å². The molecule has 1 aliphatic heterocycles. The van der Waals surface area contributed by atoms with Crippen molar-refractivity contribution in [1.29, 1.82) is 0 Å². The first-order chi connectivity index (χ1) is 11.1. The largest absolute Gasteiger partial charge is 0.493 e. The first kappa shape index (κ1) is 16.0. The van der Waals surface area contributed by atoms with Gasteiger partial charge in [-0.05, 0) is 20.0 Å². The van der Waals surface area contributed by atoms with E-state index in [9.17, 15) is 4.79 Å². The summed E-state index contributed by atoms with van der Waals surface area (Å²) >= 11 is 1.63. The number of likely N-dealkylation sites (N-methyl/N-ethyl adjacent to an activating group) is 1. The fourth-order valence-electron chi connectivity index (χ4n) is 2.79. The van der Waals surface area contributed by atoms with Crippen LogP contribution >= 0.6 is 11.3 Å². The van der Waals surface area contributed by atoms with Crippen LogP contribution in [0.5, 0.6) is 5.75 Å². The number of thiazole rings is 1. The molecule has 1 N–H and O–H groups in total. The normalized spacial score (nSPS) is 16.7. The molecule has 0 aliphatic carbocycles. The quantitative estimate of drug-likeness (QED) is 0.915. The Bertz CT molecular complexity index is 686.